The van der Waals surface area contributed by atoms with E-state index in [9.17, 15) is 9.90 Å². The van der Waals surface area contributed by atoms with Gasteiger partial charge < -0.3 is 5.11 Å². The zero-order valence-electron chi connectivity index (χ0n) is 15.2. The monoisotopic (exact) mass is 316 g/mol. The summed E-state index contributed by atoms with van der Waals surface area (Å²) in [7, 11) is 0. The number of aliphatic hydroxyl groups is 1. The van der Waals surface area contributed by atoms with Gasteiger partial charge in [0.2, 0.25) is 0 Å². The minimum Gasteiger partial charge on any atom is -0.385 e. The normalized spacial score (nSPS) is 58.0. The van der Waals surface area contributed by atoms with Gasteiger partial charge in [-0.3, -0.25) is 4.79 Å². The Hall–Kier alpha value is -0.630. The van der Waals surface area contributed by atoms with Crippen LogP contribution in [0.2, 0.25) is 0 Å². The van der Waals surface area contributed by atoms with E-state index in [-0.39, 0.29) is 22.0 Å². The number of aliphatic hydroxyl groups excluding tert-OH is 1. The summed E-state index contributed by atoms with van der Waals surface area (Å²) in [5.74, 6) is 1.01. The van der Waals surface area contributed by atoms with Crippen molar-refractivity contribution >= 4 is 5.78 Å². The van der Waals surface area contributed by atoms with Crippen molar-refractivity contribution in [2.75, 3.05) is 0 Å². The number of ketones is 1. The van der Waals surface area contributed by atoms with Crippen LogP contribution in [0.3, 0.4) is 0 Å². The molecule has 3 fully saturated rings. The SMILES string of the molecule is CCC1(C)CC(O)C(=O)C2(C)C1CCC13C=CC(C)(CCC12)C3. The van der Waals surface area contributed by atoms with Gasteiger partial charge in [0.1, 0.15) is 6.10 Å². The number of carbonyl (C=O) groups excluding carboxylic acids is 1. The van der Waals surface area contributed by atoms with Gasteiger partial charge in [-0.2, -0.15) is 0 Å². The minimum atomic E-state index is -0.755. The molecule has 1 spiro atoms. The summed E-state index contributed by atoms with van der Waals surface area (Å²) >= 11 is 0. The second-order valence-electron chi connectivity index (χ2n) is 9.95. The van der Waals surface area contributed by atoms with Gasteiger partial charge in [0, 0.05) is 5.41 Å². The van der Waals surface area contributed by atoms with Gasteiger partial charge in [0.25, 0.3) is 0 Å². The molecule has 3 saturated carbocycles. The van der Waals surface area contributed by atoms with Gasteiger partial charge in [-0.15, -0.1) is 0 Å². The molecular weight excluding hydrogens is 284 g/mol. The second-order valence-corrected chi connectivity index (χ2v) is 9.95. The quantitative estimate of drug-likeness (QED) is 0.722. The van der Waals surface area contributed by atoms with Crippen molar-refractivity contribution in [3.05, 3.63) is 12.2 Å². The third-order valence-electron chi connectivity index (χ3n) is 8.74. The first kappa shape index (κ1) is 15.9. The first-order valence-corrected chi connectivity index (χ1v) is 9.62. The van der Waals surface area contributed by atoms with E-state index in [0.717, 1.165) is 19.3 Å². The zero-order chi connectivity index (χ0) is 16.7. The van der Waals surface area contributed by atoms with Crippen LogP contribution in [-0.2, 0) is 4.79 Å². The topological polar surface area (TPSA) is 37.3 Å². The highest BCUT2D eigenvalue weighted by Gasteiger charge is 2.67. The highest BCUT2D eigenvalue weighted by molar-refractivity contribution is 5.90. The van der Waals surface area contributed by atoms with Crippen LogP contribution in [0.4, 0.5) is 0 Å². The van der Waals surface area contributed by atoms with Crippen molar-refractivity contribution in [1.82, 2.24) is 0 Å². The summed E-state index contributed by atoms with van der Waals surface area (Å²) in [5.41, 5.74) is 0.340. The summed E-state index contributed by atoms with van der Waals surface area (Å²) in [4.78, 5) is 13.2. The molecule has 0 aromatic rings. The van der Waals surface area contributed by atoms with E-state index in [1.54, 1.807) is 0 Å². The van der Waals surface area contributed by atoms with Crippen molar-refractivity contribution in [3.8, 4) is 0 Å². The molecule has 4 aliphatic carbocycles. The predicted octanol–water partition coefficient (Wildman–Crippen LogP) is 4.52. The molecule has 1 N–H and O–H groups in total. The maximum absolute atomic E-state index is 13.2. The number of Topliss-reactive ketones (excluding diaryl/α,β-unsaturated/α-hetero) is 1. The molecule has 2 heteroatoms. The fourth-order valence-electron chi connectivity index (χ4n) is 7.45. The number of carbonyl (C=O) groups is 1. The van der Waals surface area contributed by atoms with Crippen LogP contribution in [0, 0.1) is 33.5 Å². The minimum absolute atomic E-state index is 0.104. The summed E-state index contributed by atoms with van der Waals surface area (Å²) in [6.07, 6.45) is 11.8. The fourth-order valence-corrected chi connectivity index (χ4v) is 7.45. The Kier molecular flexibility index (Phi) is 3.11. The van der Waals surface area contributed by atoms with Crippen molar-refractivity contribution in [1.29, 1.82) is 0 Å². The van der Waals surface area contributed by atoms with E-state index >= 15 is 0 Å². The lowest BCUT2D eigenvalue weighted by molar-refractivity contribution is -0.185. The molecule has 0 amide bonds. The van der Waals surface area contributed by atoms with Crippen molar-refractivity contribution < 1.29 is 9.90 Å². The van der Waals surface area contributed by atoms with Crippen LogP contribution in [-0.4, -0.2) is 17.0 Å². The molecule has 4 aliphatic rings. The lowest BCUT2D eigenvalue weighted by atomic mass is 9.39. The molecule has 7 unspecified atom stereocenters. The maximum atomic E-state index is 13.2. The molecule has 0 radical (unpaired) electrons. The first-order chi connectivity index (χ1) is 10.7. The Labute approximate surface area is 140 Å². The first-order valence-electron chi connectivity index (χ1n) is 9.62. The molecule has 128 valence electrons. The Bertz CT molecular complexity index is 580. The molecule has 0 aromatic carbocycles. The molecule has 0 aliphatic heterocycles. The highest BCUT2D eigenvalue weighted by Crippen LogP contribution is 2.71. The van der Waals surface area contributed by atoms with Gasteiger partial charge in [-0.1, -0.05) is 46.3 Å². The Balaban J connectivity index is 1.82. The van der Waals surface area contributed by atoms with Gasteiger partial charge in [0.05, 0.1) is 0 Å². The predicted molar refractivity (Wildman–Crippen MR) is 91.9 cm³/mol. The van der Waals surface area contributed by atoms with Crippen LogP contribution in [0.15, 0.2) is 12.2 Å². The average Bonchev–Trinajstić information content (AvgIpc) is 2.75. The number of rotatable bonds is 1. The molecule has 2 nitrogen and oxygen atoms in total. The molecule has 7 atom stereocenters. The van der Waals surface area contributed by atoms with Crippen LogP contribution in [0.25, 0.3) is 0 Å². The largest absolute Gasteiger partial charge is 0.385 e. The highest BCUT2D eigenvalue weighted by atomic mass is 16.3. The van der Waals surface area contributed by atoms with E-state index in [1.807, 2.05) is 0 Å². The van der Waals surface area contributed by atoms with E-state index < -0.39 is 6.10 Å². The molecule has 0 heterocycles. The Morgan fingerprint density at radius 1 is 1.13 bits per heavy atom. The third kappa shape index (κ3) is 1.82. The third-order valence-corrected chi connectivity index (χ3v) is 8.74. The van der Waals surface area contributed by atoms with Gasteiger partial charge in [-0.25, -0.2) is 0 Å². The molecule has 4 rings (SSSR count). The molecule has 0 aromatic heterocycles. The number of allylic oxidation sites excluding steroid dienone is 2. The summed E-state index contributed by atoms with van der Waals surface area (Å²) in [6, 6.07) is 0. The van der Waals surface area contributed by atoms with E-state index in [0.29, 0.717) is 23.7 Å². The van der Waals surface area contributed by atoms with Crippen molar-refractivity contribution in [2.24, 2.45) is 33.5 Å². The second kappa shape index (κ2) is 4.50. The van der Waals surface area contributed by atoms with Gasteiger partial charge in [-0.05, 0) is 66.6 Å². The lowest BCUT2D eigenvalue weighted by Gasteiger charge is -2.64. The Morgan fingerprint density at radius 3 is 2.52 bits per heavy atom. The lowest BCUT2D eigenvalue weighted by Crippen LogP contribution is -2.64. The van der Waals surface area contributed by atoms with Crippen LogP contribution in [0.1, 0.15) is 72.6 Å². The number of hydrogen-bond acceptors (Lipinski definition) is 2. The smallest absolute Gasteiger partial charge is 0.167 e. The molecule has 23 heavy (non-hydrogen) atoms. The van der Waals surface area contributed by atoms with Crippen molar-refractivity contribution in [2.45, 2.75) is 78.7 Å². The maximum Gasteiger partial charge on any atom is 0.167 e. The van der Waals surface area contributed by atoms with Gasteiger partial charge >= 0.3 is 0 Å². The summed E-state index contributed by atoms with van der Waals surface area (Å²) in [5, 5.41) is 10.6. The van der Waals surface area contributed by atoms with Gasteiger partial charge in [0.15, 0.2) is 5.78 Å². The molecular formula is C21H32O2. The fraction of sp³-hybridized carbons (Fsp3) is 0.857. The summed E-state index contributed by atoms with van der Waals surface area (Å²) in [6.45, 7) is 9.16. The van der Waals surface area contributed by atoms with E-state index in [4.69, 9.17) is 0 Å². The van der Waals surface area contributed by atoms with Crippen LogP contribution < -0.4 is 0 Å². The average molecular weight is 316 g/mol. The Morgan fingerprint density at radius 2 is 1.83 bits per heavy atom. The van der Waals surface area contributed by atoms with E-state index in [2.05, 4.69) is 39.8 Å². The zero-order valence-corrected chi connectivity index (χ0v) is 15.2. The standard InChI is InChI=1S/C21H32O2/c1-5-19(3)12-14(22)17(23)20(4)15(19)7-9-21-11-10-18(2,13-21)8-6-16(20)21/h10-11,14-16,22H,5-9,12-13H2,1-4H3. The number of hydrogen-bond donors (Lipinski definition) is 1. The summed E-state index contributed by atoms with van der Waals surface area (Å²) < 4.78 is 0. The van der Waals surface area contributed by atoms with Crippen molar-refractivity contribution in [3.63, 3.8) is 0 Å². The number of fused-ring (bicyclic) bond motifs is 3. The van der Waals surface area contributed by atoms with E-state index in [1.165, 1.54) is 19.3 Å². The van der Waals surface area contributed by atoms with Crippen LogP contribution >= 0.6 is 0 Å². The molecule has 2 bridgehead atoms. The molecule has 0 saturated heterocycles. The van der Waals surface area contributed by atoms with Crippen LogP contribution in [0.5, 0.6) is 0 Å².